The van der Waals surface area contributed by atoms with E-state index in [0.717, 1.165) is 21.2 Å². The zero-order chi connectivity index (χ0) is 14.8. The second kappa shape index (κ2) is 5.79. The molecule has 0 fully saturated rings. The maximum atomic E-state index is 6.16. The third kappa shape index (κ3) is 3.04. The van der Waals surface area contributed by atoms with Gasteiger partial charge in [-0.2, -0.15) is 0 Å². The molecule has 0 bridgehead atoms. The molecule has 1 unspecified atom stereocenters. The van der Waals surface area contributed by atoms with Crippen LogP contribution in [0.2, 0.25) is 0 Å². The van der Waals surface area contributed by atoms with Gasteiger partial charge in [0, 0.05) is 10.0 Å². The molecule has 0 saturated carbocycles. The molecule has 0 aliphatic rings. The van der Waals surface area contributed by atoms with E-state index in [0.29, 0.717) is 11.8 Å². The summed E-state index contributed by atoms with van der Waals surface area (Å²) >= 11 is 3.47. The summed E-state index contributed by atoms with van der Waals surface area (Å²) in [5, 5.41) is 8.17. The van der Waals surface area contributed by atoms with Gasteiger partial charge in [0.05, 0.1) is 0 Å². The minimum atomic E-state index is -0.416. The molecule has 1 atom stereocenters. The maximum absolute atomic E-state index is 6.16. The first-order chi connectivity index (χ1) is 10.1. The zero-order valence-electron chi connectivity index (χ0n) is 11.5. The fraction of sp³-hybridized carbons (Fsp3) is 0.125. The number of benzene rings is 2. The van der Waals surface area contributed by atoms with Crippen molar-refractivity contribution in [3.8, 4) is 11.5 Å². The van der Waals surface area contributed by atoms with E-state index < -0.39 is 6.04 Å². The lowest BCUT2D eigenvalue weighted by molar-refractivity contribution is 0.484. The van der Waals surface area contributed by atoms with Crippen LogP contribution in [0.5, 0.6) is 0 Å². The molecule has 3 rings (SSSR count). The molecule has 2 N–H and O–H groups in total. The topological polar surface area (TPSA) is 64.9 Å². The van der Waals surface area contributed by atoms with Crippen molar-refractivity contribution in [3.63, 3.8) is 0 Å². The van der Waals surface area contributed by atoms with Crippen molar-refractivity contribution in [1.82, 2.24) is 10.2 Å². The first-order valence-corrected chi connectivity index (χ1v) is 7.34. The summed E-state index contributed by atoms with van der Waals surface area (Å²) in [7, 11) is 0. The average molecular weight is 344 g/mol. The van der Waals surface area contributed by atoms with Crippen LogP contribution in [-0.2, 0) is 0 Å². The Balaban J connectivity index is 1.93. The van der Waals surface area contributed by atoms with E-state index >= 15 is 0 Å². The van der Waals surface area contributed by atoms with Crippen LogP contribution in [0, 0.1) is 6.92 Å². The maximum Gasteiger partial charge on any atom is 0.247 e. The molecule has 0 radical (unpaired) electrons. The van der Waals surface area contributed by atoms with Crippen LogP contribution in [0.25, 0.3) is 11.5 Å². The van der Waals surface area contributed by atoms with Gasteiger partial charge in [0.1, 0.15) is 6.04 Å². The first-order valence-electron chi connectivity index (χ1n) is 6.55. The highest BCUT2D eigenvalue weighted by molar-refractivity contribution is 9.10. The molecule has 0 aliphatic heterocycles. The van der Waals surface area contributed by atoms with Gasteiger partial charge in [-0.3, -0.25) is 0 Å². The van der Waals surface area contributed by atoms with Gasteiger partial charge in [-0.1, -0.05) is 46.3 Å². The lowest BCUT2D eigenvalue weighted by Crippen LogP contribution is -2.11. The highest BCUT2D eigenvalue weighted by Gasteiger charge is 2.17. The van der Waals surface area contributed by atoms with Crippen LogP contribution in [0.4, 0.5) is 0 Å². The second-order valence-corrected chi connectivity index (χ2v) is 5.77. The number of rotatable bonds is 3. The quantitative estimate of drug-likeness (QED) is 0.784. The Morgan fingerprint density at radius 1 is 1.10 bits per heavy atom. The Hall–Kier alpha value is -1.98. The molecule has 106 valence electrons. The van der Waals surface area contributed by atoms with Gasteiger partial charge in [0.2, 0.25) is 11.8 Å². The van der Waals surface area contributed by atoms with Crippen LogP contribution >= 0.6 is 15.9 Å². The molecule has 0 amide bonds. The van der Waals surface area contributed by atoms with Gasteiger partial charge >= 0.3 is 0 Å². The van der Waals surface area contributed by atoms with E-state index in [2.05, 4.69) is 26.1 Å². The van der Waals surface area contributed by atoms with Crippen molar-refractivity contribution in [2.45, 2.75) is 13.0 Å². The molecule has 5 heteroatoms. The van der Waals surface area contributed by atoms with Crippen molar-refractivity contribution < 1.29 is 4.42 Å². The molecule has 1 aromatic heterocycles. The molecule has 2 aromatic carbocycles. The first kappa shape index (κ1) is 14.0. The van der Waals surface area contributed by atoms with Crippen molar-refractivity contribution in [2.75, 3.05) is 0 Å². The molecule has 0 spiro atoms. The SMILES string of the molecule is Cc1cc(Br)cc(-c2nnc(C(N)c3ccccc3)o2)c1. The van der Waals surface area contributed by atoms with E-state index in [1.165, 1.54) is 0 Å². The number of aryl methyl sites for hydroxylation is 1. The van der Waals surface area contributed by atoms with E-state index in [4.69, 9.17) is 10.2 Å². The number of hydrogen-bond donors (Lipinski definition) is 1. The molecule has 0 saturated heterocycles. The molecule has 21 heavy (non-hydrogen) atoms. The average Bonchev–Trinajstić information content (AvgIpc) is 2.96. The third-order valence-corrected chi connectivity index (χ3v) is 3.61. The van der Waals surface area contributed by atoms with Crippen LogP contribution in [0.1, 0.15) is 23.1 Å². The normalized spacial score (nSPS) is 12.3. The fourth-order valence-electron chi connectivity index (χ4n) is 2.14. The summed E-state index contributed by atoms with van der Waals surface area (Å²) in [6.45, 7) is 2.02. The van der Waals surface area contributed by atoms with Gasteiger partial charge in [-0.25, -0.2) is 0 Å². The Kier molecular flexibility index (Phi) is 3.86. The van der Waals surface area contributed by atoms with Crippen molar-refractivity contribution >= 4 is 15.9 Å². The molecule has 4 nitrogen and oxygen atoms in total. The molecular formula is C16H14BrN3O. The van der Waals surface area contributed by atoms with Gasteiger partial charge in [0.25, 0.3) is 0 Å². The molecule has 0 aliphatic carbocycles. The molecule has 1 heterocycles. The number of halogens is 1. The van der Waals surface area contributed by atoms with Crippen LogP contribution in [0.3, 0.4) is 0 Å². The van der Waals surface area contributed by atoms with E-state index in [1.54, 1.807) is 0 Å². The monoisotopic (exact) mass is 343 g/mol. The summed E-state index contributed by atoms with van der Waals surface area (Å²) in [6, 6.07) is 15.2. The lowest BCUT2D eigenvalue weighted by atomic mass is 10.1. The van der Waals surface area contributed by atoms with Crippen LogP contribution in [-0.4, -0.2) is 10.2 Å². The zero-order valence-corrected chi connectivity index (χ0v) is 13.0. The Labute approximate surface area is 131 Å². The standard InChI is InChI=1S/C16H14BrN3O/c1-10-7-12(9-13(17)8-10)15-19-20-16(21-15)14(18)11-5-3-2-4-6-11/h2-9,14H,18H2,1H3. The number of nitrogens with two attached hydrogens (primary N) is 1. The summed E-state index contributed by atoms with van der Waals surface area (Å²) < 4.78 is 6.70. The van der Waals surface area contributed by atoms with Crippen molar-refractivity contribution in [2.24, 2.45) is 5.73 Å². The van der Waals surface area contributed by atoms with Crippen molar-refractivity contribution in [3.05, 3.63) is 70.0 Å². The van der Waals surface area contributed by atoms with E-state index in [9.17, 15) is 0 Å². The van der Waals surface area contributed by atoms with Gasteiger partial charge in [-0.15, -0.1) is 10.2 Å². The molecular weight excluding hydrogens is 330 g/mol. The van der Waals surface area contributed by atoms with E-state index in [1.807, 2.05) is 55.5 Å². The summed E-state index contributed by atoms with van der Waals surface area (Å²) in [5.41, 5.74) is 9.10. The smallest absolute Gasteiger partial charge is 0.247 e. The molecule has 3 aromatic rings. The Morgan fingerprint density at radius 2 is 1.86 bits per heavy atom. The van der Waals surface area contributed by atoms with E-state index in [-0.39, 0.29) is 0 Å². The summed E-state index contributed by atoms with van der Waals surface area (Å²) in [6.07, 6.45) is 0. The summed E-state index contributed by atoms with van der Waals surface area (Å²) in [4.78, 5) is 0. The number of aromatic nitrogens is 2. The largest absolute Gasteiger partial charge is 0.419 e. The van der Waals surface area contributed by atoms with Gasteiger partial charge in [-0.05, 0) is 36.2 Å². The second-order valence-electron chi connectivity index (χ2n) is 4.85. The number of hydrogen-bond acceptors (Lipinski definition) is 4. The third-order valence-electron chi connectivity index (χ3n) is 3.15. The minimum absolute atomic E-state index is 0.411. The van der Waals surface area contributed by atoms with Gasteiger partial charge < -0.3 is 10.2 Å². The Bertz CT molecular complexity index is 735. The highest BCUT2D eigenvalue weighted by atomic mass is 79.9. The van der Waals surface area contributed by atoms with Crippen LogP contribution in [0.15, 0.2) is 57.4 Å². The van der Waals surface area contributed by atoms with Crippen LogP contribution < -0.4 is 5.73 Å². The van der Waals surface area contributed by atoms with Gasteiger partial charge in [0.15, 0.2) is 0 Å². The highest BCUT2D eigenvalue weighted by Crippen LogP contribution is 2.26. The predicted molar refractivity (Wildman–Crippen MR) is 84.6 cm³/mol. The lowest BCUT2D eigenvalue weighted by Gasteiger charge is -2.06. The fourth-order valence-corrected chi connectivity index (χ4v) is 2.75. The minimum Gasteiger partial charge on any atom is -0.419 e. The Morgan fingerprint density at radius 3 is 2.57 bits per heavy atom. The summed E-state index contributed by atoms with van der Waals surface area (Å²) in [5.74, 6) is 0.884. The predicted octanol–water partition coefficient (Wildman–Crippen LogP) is 3.86. The number of nitrogens with zero attached hydrogens (tertiary/aromatic N) is 2. The van der Waals surface area contributed by atoms with Crippen molar-refractivity contribution in [1.29, 1.82) is 0 Å².